The highest BCUT2D eigenvalue weighted by Gasteiger charge is 2.28. The molecule has 1 N–H and O–H groups in total. The summed E-state index contributed by atoms with van der Waals surface area (Å²) in [5, 5.41) is 13.2. The van der Waals surface area contributed by atoms with Crippen molar-refractivity contribution in [1.82, 2.24) is 5.32 Å². The molecular formula is C45H29N3O. The SMILES string of the molecule is c1ccc(C2=NC(c3c(-c4ccc5ccc6ccccc6c5c4)ccc4oc5ccccc5c34)NC(c3ccc4ccccc4c3)=N2)cc1. The maximum Gasteiger partial charge on any atom is 0.159 e. The van der Waals surface area contributed by atoms with Crippen molar-refractivity contribution in [2.75, 3.05) is 0 Å². The fraction of sp³-hybridized carbons (Fsp3) is 0.0222. The standard InChI is InChI=1S/C45H29N3O/c1-2-12-31(13-3-1)43-46-44(34-23-18-28-10-4-5-14-32(28)26-34)48-45(47-43)42-36(24-25-40-41(42)37-16-8-9-17-39(37)49-40)33-22-21-30-20-19-29-11-6-7-15-35(29)38(30)27-33/h1-27,45H,(H,46,47,48). The molecule has 1 unspecified atom stereocenters. The molecule has 4 nitrogen and oxygen atoms in total. The molecule has 4 heteroatoms. The third-order valence-corrected chi connectivity index (χ3v) is 9.71. The van der Waals surface area contributed by atoms with Crippen LogP contribution in [0.25, 0.3) is 65.4 Å². The first-order valence-corrected chi connectivity index (χ1v) is 16.6. The van der Waals surface area contributed by atoms with E-state index < -0.39 is 6.17 Å². The Balaban J connectivity index is 1.24. The Bertz CT molecular complexity index is 2810. The molecule has 0 saturated heterocycles. The molecule has 49 heavy (non-hydrogen) atoms. The summed E-state index contributed by atoms with van der Waals surface area (Å²) in [7, 11) is 0. The maximum atomic E-state index is 6.47. The molecule has 8 aromatic carbocycles. The maximum absolute atomic E-state index is 6.47. The first-order valence-electron chi connectivity index (χ1n) is 16.6. The normalized spacial score (nSPS) is 14.7. The number of rotatable bonds is 4. The second kappa shape index (κ2) is 11.0. The number of benzene rings is 8. The van der Waals surface area contributed by atoms with Crippen LogP contribution in [0.5, 0.6) is 0 Å². The number of hydrogen-bond donors (Lipinski definition) is 1. The van der Waals surface area contributed by atoms with Gasteiger partial charge in [-0.25, -0.2) is 9.98 Å². The first kappa shape index (κ1) is 27.6. The van der Waals surface area contributed by atoms with E-state index in [0.717, 1.165) is 61.0 Å². The van der Waals surface area contributed by atoms with Gasteiger partial charge in [0.25, 0.3) is 0 Å². The van der Waals surface area contributed by atoms with Gasteiger partial charge in [0.05, 0.1) is 0 Å². The molecule has 0 bridgehead atoms. The summed E-state index contributed by atoms with van der Waals surface area (Å²) >= 11 is 0. The van der Waals surface area contributed by atoms with E-state index in [1.165, 1.54) is 26.9 Å². The Kier molecular flexibility index (Phi) is 6.21. The van der Waals surface area contributed by atoms with E-state index in [4.69, 9.17) is 14.4 Å². The van der Waals surface area contributed by atoms with Gasteiger partial charge in [-0.15, -0.1) is 0 Å². The molecule has 2 heterocycles. The van der Waals surface area contributed by atoms with Gasteiger partial charge in [-0.3, -0.25) is 0 Å². The summed E-state index contributed by atoms with van der Waals surface area (Å²) in [6, 6.07) is 57.5. The summed E-state index contributed by atoms with van der Waals surface area (Å²) in [6.45, 7) is 0. The van der Waals surface area contributed by atoms with Crippen LogP contribution in [0.3, 0.4) is 0 Å². The van der Waals surface area contributed by atoms with Gasteiger partial charge < -0.3 is 9.73 Å². The van der Waals surface area contributed by atoms with E-state index in [1.807, 2.05) is 30.3 Å². The monoisotopic (exact) mass is 627 g/mol. The quantitative estimate of drug-likeness (QED) is 0.197. The van der Waals surface area contributed by atoms with Crippen LogP contribution in [0.1, 0.15) is 22.9 Å². The van der Waals surface area contributed by atoms with Crippen molar-refractivity contribution < 1.29 is 4.42 Å². The molecule has 0 amide bonds. The number of aliphatic imine (C=N–C) groups is 2. The minimum Gasteiger partial charge on any atom is -0.456 e. The van der Waals surface area contributed by atoms with E-state index in [9.17, 15) is 0 Å². The number of nitrogens with zero attached hydrogens (tertiary/aromatic N) is 2. The van der Waals surface area contributed by atoms with Crippen molar-refractivity contribution in [3.63, 3.8) is 0 Å². The molecule has 0 radical (unpaired) electrons. The lowest BCUT2D eigenvalue weighted by Gasteiger charge is -2.26. The third-order valence-electron chi connectivity index (χ3n) is 9.71. The zero-order valence-corrected chi connectivity index (χ0v) is 26.5. The molecule has 1 aromatic heterocycles. The molecule has 1 atom stereocenters. The second-order valence-corrected chi connectivity index (χ2v) is 12.6. The predicted octanol–water partition coefficient (Wildman–Crippen LogP) is 11.2. The summed E-state index contributed by atoms with van der Waals surface area (Å²) in [5.41, 5.74) is 6.95. The topological polar surface area (TPSA) is 49.9 Å². The van der Waals surface area contributed by atoms with Gasteiger partial charge in [-0.2, -0.15) is 0 Å². The Morgan fingerprint density at radius 3 is 2.02 bits per heavy atom. The summed E-state index contributed by atoms with van der Waals surface area (Å²) in [5.74, 6) is 1.47. The summed E-state index contributed by atoms with van der Waals surface area (Å²) in [4.78, 5) is 10.5. The highest BCUT2D eigenvalue weighted by atomic mass is 16.3. The minimum absolute atomic E-state index is 0.447. The lowest BCUT2D eigenvalue weighted by molar-refractivity contribution is 0.663. The average Bonchev–Trinajstić information content (AvgIpc) is 3.56. The van der Waals surface area contributed by atoms with Crippen LogP contribution in [0, 0.1) is 0 Å². The molecule has 0 aliphatic carbocycles. The molecule has 1 aliphatic rings. The Labute approximate surface area is 282 Å². The summed E-state index contributed by atoms with van der Waals surface area (Å²) in [6.07, 6.45) is -0.447. The highest BCUT2D eigenvalue weighted by molar-refractivity contribution is 6.16. The van der Waals surface area contributed by atoms with Gasteiger partial charge in [0.2, 0.25) is 0 Å². The molecule has 0 fully saturated rings. The smallest absolute Gasteiger partial charge is 0.159 e. The first-order chi connectivity index (χ1) is 24.3. The van der Waals surface area contributed by atoms with Crippen molar-refractivity contribution in [3.05, 3.63) is 180 Å². The molecular weight excluding hydrogens is 599 g/mol. The van der Waals surface area contributed by atoms with Crippen molar-refractivity contribution in [1.29, 1.82) is 0 Å². The van der Waals surface area contributed by atoms with Crippen LogP contribution in [-0.2, 0) is 0 Å². The van der Waals surface area contributed by atoms with Crippen LogP contribution >= 0.6 is 0 Å². The van der Waals surface area contributed by atoms with Crippen LogP contribution < -0.4 is 5.32 Å². The lowest BCUT2D eigenvalue weighted by atomic mass is 9.91. The molecule has 1 aliphatic heterocycles. The van der Waals surface area contributed by atoms with Gasteiger partial charge in [-0.1, -0.05) is 140 Å². The number of hydrogen-bond acceptors (Lipinski definition) is 4. The Morgan fingerprint density at radius 1 is 0.469 bits per heavy atom. The van der Waals surface area contributed by atoms with Gasteiger partial charge in [-0.05, 0) is 67.7 Å². The number of para-hydroxylation sites is 1. The van der Waals surface area contributed by atoms with E-state index >= 15 is 0 Å². The molecule has 0 saturated carbocycles. The number of fused-ring (bicyclic) bond motifs is 7. The molecule has 230 valence electrons. The van der Waals surface area contributed by atoms with Gasteiger partial charge >= 0.3 is 0 Å². The fourth-order valence-corrected chi connectivity index (χ4v) is 7.35. The number of amidine groups is 2. The van der Waals surface area contributed by atoms with E-state index in [0.29, 0.717) is 5.84 Å². The van der Waals surface area contributed by atoms with E-state index in [1.54, 1.807) is 0 Å². The molecule has 10 rings (SSSR count). The van der Waals surface area contributed by atoms with Crippen LogP contribution in [0.4, 0.5) is 0 Å². The second-order valence-electron chi connectivity index (χ2n) is 12.6. The average molecular weight is 628 g/mol. The highest BCUT2D eigenvalue weighted by Crippen LogP contribution is 2.42. The van der Waals surface area contributed by atoms with Crippen molar-refractivity contribution in [2.24, 2.45) is 9.98 Å². The zero-order chi connectivity index (χ0) is 32.3. The van der Waals surface area contributed by atoms with E-state index in [2.05, 4.69) is 139 Å². The van der Waals surface area contributed by atoms with Crippen molar-refractivity contribution >= 4 is 65.9 Å². The third kappa shape index (κ3) is 4.61. The zero-order valence-electron chi connectivity index (χ0n) is 26.5. The largest absolute Gasteiger partial charge is 0.456 e. The number of nitrogens with one attached hydrogen (secondary N) is 1. The lowest BCUT2D eigenvalue weighted by Crippen LogP contribution is -2.34. The van der Waals surface area contributed by atoms with Crippen LogP contribution in [0.2, 0.25) is 0 Å². The molecule has 0 spiro atoms. The Morgan fingerprint density at radius 2 is 1.14 bits per heavy atom. The Hall–Kier alpha value is -6.52. The fourth-order valence-electron chi connectivity index (χ4n) is 7.35. The van der Waals surface area contributed by atoms with Crippen molar-refractivity contribution in [2.45, 2.75) is 6.17 Å². The van der Waals surface area contributed by atoms with Gasteiger partial charge in [0.1, 0.15) is 23.2 Å². The summed E-state index contributed by atoms with van der Waals surface area (Å²) < 4.78 is 6.47. The van der Waals surface area contributed by atoms with Crippen LogP contribution in [0.15, 0.2) is 178 Å². The van der Waals surface area contributed by atoms with Gasteiger partial charge in [0.15, 0.2) is 5.84 Å². The van der Waals surface area contributed by atoms with E-state index in [-0.39, 0.29) is 0 Å². The minimum atomic E-state index is -0.447. The van der Waals surface area contributed by atoms with Gasteiger partial charge in [0, 0.05) is 27.5 Å². The number of furan rings is 1. The predicted molar refractivity (Wildman–Crippen MR) is 204 cm³/mol. The molecule has 9 aromatic rings. The van der Waals surface area contributed by atoms with Crippen molar-refractivity contribution in [3.8, 4) is 11.1 Å². The van der Waals surface area contributed by atoms with Crippen LogP contribution in [-0.4, -0.2) is 11.7 Å².